The minimum absolute atomic E-state index is 0.315. The van der Waals surface area contributed by atoms with Crippen LogP contribution in [0.3, 0.4) is 0 Å². The van der Waals surface area contributed by atoms with Crippen LogP contribution in [0.5, 0.6) is 0 Å². The van der Waals surface area contributed by atoms with E-state index in [0.717, 1.165) is 0 Å². The van der Waals surface area contributed by atoms with Crippen LogP contribution in [0.1, 0.15) is 46.3 Å². The molecule has 2 aromatic rings. The zero-order chi connectivity index (χ0) is 22.4. The van der Waals surface area contributed by atoms with E-state index in [1.165, 1.54) is 0 Å². The summed E-state index contributed by atoms with van der Waals surface area (Å²) < 4.78 is 55.6. The molecule has 3 heteroatoms. The van der Waals surface area contributed by atoms with E-state index in [1.54, 1.807) is 60.7 Å². The number of carbonyl (C=O) groups is 1. The van der Waals surface area contributed by atoms with Crippen molar-refractivity contribution >= 4 is 11.7 Å². The van der Waals surface area contributed by atoms with E-state index in [2.05, 4.69) is 4.99 Å². The van der Waals surface area contributed by atoms with Crippen molar-refractivity contribution in [3.63, 3.8) is 0 Å². The van der Waals surface area contributed by atoms with Gasteiger partial charge in [-0.25, -0.2) is 4.79 Å². The molecule has 0 spiro atoms. The molecule has 118 valence electrons. The van der Waals surface area contributed by atoms with E-state index in [-0.39, 0.29) is 0 Å². The molecule has 0 bridgehead atoms. The van der Waals surface area contributed by atoms with E-state index in [4.69, 9.17) is 9.60 Å². The normalized spacial score (nSPS) is 27.9. The summed E-state index contributed by atoms with van der Waals surface area (Å²) in [4.78, 5) is 16.3. The number of aliphatic imine (C=N–C) groups is 1. The molecule has 1 aliphatic carbocycles. The molecule has 0 radical (unpaired) electrons. The second-order valence-electron chi connectivity index (χ2n) is 5.12. The largest absolute Gasteiger partial charge is 0.480 e. The van der Waals surface area contributed by atoms with E-state index in [9.17, 15) is 9.90 Å². The first-order valence-electron chi connectivity index (χ1n) is 10.8. The second kappa shape index (κ2) is 7.23. The number of carboxylic acid groups (broad SMARTS) is 1. The number of nitrogens with zero attached hydrogens (tertiary/aromatic N) is 1. The maximum atomic E-state index is 12.0. The third-order valence-electron chi connectivity index (χ3n) is 3.49. The van der Waals surface area contributed by atoms with Crippen LogP contribution in [0, 0.1) is 5.89 Å². The molecule has 3 nitrogen and oxygen atoms in total. The van der Waals surface area contributed by atoms with Crippen LogP contribution in [0.4, 0.5) is 0 Å². The molecule has 1 aliphatic rings. The molecule has 1 atom stereocenters. The van der Waals surface area contributed by atoms with Crippen molar-refractivity contribution in [3.05, 3.63) is 71.8 Å². The van der Waals surface area contributed by atoms with Crippen LogP contribution in [-0.4, -0.2) is 22.8 Å². The van der Waals surface area contributed by atoms with Gasteiger partial charge in [0.2, 0.25) is 0 Å². The highest BCUT2D eigenvalue weighted by molar-refractivity contribution is 6.13. The average molecular weight is 314 g/mol. The number of rotatable bonds is 6. The number of hydrogen-bond donors (Lipinski definition) is 1. The fourth-order valence-corrected chi connectivity index (χ4v) is 2.30. The van der Waals surface area contributed by atoms with Crippen molar-refractivity contribution in [3.8, 4) is 0 Å². The zero-order valence-electron chi connectivity index (χ0n) is 19.4. The first-order chi connectivity index (χ1) is 13.9. The number of benzene rings is 2. The van der Waals surface area contributed by atoms with E-state index < -0.39 is 43.4 Å². The Kier molecular flexibility index (Phi) is 2.83. The van der Waals surface area contributed by atoms with Crippen LogP contribution in [-0.2, 0) is 4.79 Å². The van der Waals surface area contributed by atoms with Crippen molar-refractivity contribution < 1.29 is 19.5 Å². The van der Waals surface area contributed by atoms with Crippen molar-refractivity contribution in [2.45, 2.75) is 31.6 Å². The Morgan fingerprint density at radius 1 is 1.13 bits per heavy atom. The van der Waals surface area contributed by atoms with Gasteiger partial charge in [-0.15, -0.1) is 0 Å². The molecule has 23 heavy (non-hydrogen) atoms. The Hall–Kier alpha value is -2.42. The molecule has 0 amide bonds. The van der Waals surface area contributed by atoms with Crippen LogP contribution in [0.15, 0.2) is 65.7 Å². The standard InChI is InChI=1S/C20H21NO2/c22-20(23)18(14-15-8-7-9-15)21-19(16-10-3-1-4-11-16)17-12-5-2-6-13-17/h1-6,10-13,15,18H,7-9,14H2,(H,22,23)/i7D2,8D2,9D2,15D. The Morgan fingerprint density at radius 3 is 2.13 bits per heavy atom. The number of aliphatic carboxylic acids is 1. The highest BCUT2D eigenvalue weighted by atomic mass is 16.4. The quantitative estimate of drug-likeness (QED) is 0.814. The molecule has 3 rings (SSSR count). The molecule has 0 saturated heterocycles. The monoisotopic (exact) mass is 314 g/mol. The van der Waals surface area contributed by atoms with Crippen LogP contribution in [0.2, 0.25) is 0 Å². The summed E-state index contributed by atoms with van der Waals surface area (Å²) in [5.74, 6) is -4.06. The van der Waals surface area contributed by atoms with Crippen molar-refractivity contribution in [1.82, 2.24) is 0 Å². The third-order valence-corrected chi connectivity index (χ3v) is 3.49. The molecule has 0 aromatic heterocycles. The van der Waals surface area contributed by atoms with Gasteiger partial charge in [0.25, 0.3) is 0 Å². The lowest BCUT2D eigenvalue weighted by Gasteiger charge is -2.27. The smallest absolute Gasteiger partial charge is 0.328 e. The first kappa shape index (κ1) is 9.02. The Labute approximate surface area is 146 Å². The van der Waals surface area contributed by atoms with Crippen molar-refractivity contribution in [2.75, 3.05) is 0 Å². The Bertz CT molecular complexity index is 902. The Morgan fingerprint density at radius 2 is 1.65 bits per heavy atom. The van der Waals surface area contributed by atoms with Gasteiger partial charge in [0.15, 0.2) is 0 Å². The van der Waals surface area contributed by atoms with Gasteiger partial charge in [0.1, 0.15) is 6.04 Å². The van der Waals surface area contributed by atoms with Gasteiger partial charge in [0.05, 0.1) is 5.71 Å². The predicted molar refractivity (Wildman–Crippen MR) is 91.9 cm³/mol. The van der Waals surface area contributed by atoms with Crippen molar-refractivity contribution in [2.24, 2.45) is 10.9 Å². The summed E-state index contributed by atoms with van der Waals surface area (Å²) in [7, 11) is 0. The zero-order valence-corrected chi connectivity index (χ0v) is 12.4. The topological polar surface area (TPSA) is 49.7 Å². The second-order valence-corrected chi connectivity index (χ2v) is 5.12. The average Bonchev–Trinajstić information content (AvgIpc) is 2.71. The molecule has 1 saturated carbocycles. The van der Waals surface area contributed by atoms with Gasteiger partial charge in [-0.1, -0.05) is 79.8 Å². The van der Waals surface area contributed by atoms with Gasteiger partial charge in [0, 0.05) is 20.7 Å². The molecule has 1 N–H and O–H groups in total. The molecular weight excluding hydrogens is 286 g/mol. The minimum atomic E-state index is -2.92. The number of carboxylic acids is 1. The third kappa shape index (κ3) is 3.86. The number of hydrogen-bond acceptors (Lipinski definition) is 2. The molecule has 1 fully saturated rings. The molecular formula is C20H21NO2. The maximum absolute atomic E-state index is 12.0. The lowest BCUT2D eigenvalue weighted by molar-refractivity contribution is -0.139. The highest BCUT2D eigenvalue weighted by Crippen LogP contribution is 2.31. The summed E-state index contributed by atoms with van der Waals surface area (Å²) in [6, 6.07) is 15.9. The predicted octanol–water partition coefficient (Wildman–Crippen LogP) is 4.17. The summed E-state index contributed by atoms with van der Waals surface area (Å²) in [6.07, 6.45) is -9.50. The van der Waals surface area contributed by atoms with Gasteiger partial charge < -0.3 is 5.11 Å². The molecule has 0 heterocycles. The van der Waals surface area contributed by atoms with Gasteiger partial charge in [-0.05, 0) is 12.3 Å². The first-order valence-corrected chi connectivity index (χ1v) is 7.28. The van der Waals surface area contributed by atoms with E-state index in [0.29, 0.717) is 16.8 Å². The SMILES string of the molecule is [2H]C1([2H])C([2H])([2H])C([2H])(CC(N=C(c2ccccc2)c2ccccc2)C(=O)O)C1([2H])[2H]. The summed E-state index contributed by atoms with van der Waals surface area (Å²) in [5, 5.41) is 9.74. The highest BCUT2D eigenvalue weighted by Gasteiger charge is 2.26. The van der Waals surface area contributed by atoms with E-state index >= 15 is 0 Å². The summed E-state index contributed by atoms with van der Waals surface area (Å²) in [5.41, 5.74) is 1.54. The fourth-order valence-electron chi connectivity index (χ4n) is 2.30. The minimum Gasteiger partial charge on any atom is -0.480 e. The lowest BCUT2D eigenvalue weighted by atomic mass is 9.81. The Balaban J connectivity index is 2.07. The summed E-state index contributed by atoms with van der Waals surface area (Å²) in [6.45, 7) is 0. The fraction of sp³-hybridized carbons (Fsp3) is 0.300. The van der Waals surface area contributed by atoms with Gasteiger partial charge in [-0.2, -0.15) is 0 Å². The van der Waals surface area contributed by atoms with Crippen molar-refractivity contribution in [1.29, 1.82) is 0 Å². The lowest BCUT2D eigenvalue weighted by Crippen LogP contribution is -2.26. The van der Waals surface area contributed by atoms with Gasteiger partial charge >= 0.3 is 5.97 Å². The molecule has 2 aromatic carbocycles. The molecule has 1 unspecified atom stereocenters. The summed E-state index contributed by atoms with van der Waals surface area (Å²) >= 11 is 0. The van der Waals surface area contributed by atoms with E-state index in [1.807, 2.05) is 0 Å². The van der Waals surface area contributed by atoms with Crippen LogP contribution in [0.25, 0.3) is 0 Å². The van der Waals surface area contributed by atoms with Gasteiger partial charge in [-0.3, -0.25) is 4.99 Å². The van der Waals surface area contributed by atoms with Crippen LogP contribution >= 0.6 is 0 Å². The molecule has 0 aliphatic heterocycles. The maximum Gasteiger partial charge on any atom is 0.328 e. The van der Waals surface area contributed by atoms with Crippen LogP contribution < -0.4 is 0 Å².